The Hall–Kier alpha value is -6.33. The smallest absolute Gasteiger partial charge is 0.150 e. The van der Waals surface area contributed by atoms with Crippen molar-refractivity contribution >= 4 is 35.8 Å². The van der Waals surface area contributed by atoms with Gasteiger partial charge in [-0.2, -0.15) is 0 Å². The van der Waals surface area contributed by atoms with Crippen molar-refractivity contribution in [3.8, 4) is 33.4 Å². The lowest BCUT2D eigenvalue weighted by Crippen LogP contribution is -2.40. The fourth-order valence-electron chi connectivity index (χ4n) is 6.05. The van der Waals surface area contributed by atoms with E-state index in [2.05, 4.69) is 88.8 Å². The summed E-state index contributed by atoms with van der Waals surface area (Å²) in [7, 11) is 0. The van der Waals surface area contributed by atoms with Crippen LogP contribution >= 0.6 is 0 Å². The third-order valence-electron chi connectivity index (χ3n) is 8.82. The predicted molar refractivity (Wildman–Crippen MR) is 194 cm³/mol. The summed E-state index contributed by atoms with van der Waals surface area (Å²) in [6.07, 6.45) is 4.82. The van der Waals surface area contributed by atoms with Crippen molar-refractivity contribution in [2.24, 2.45) is 0 Å². The van der Waals surface area contributed by atoms with E-state index in [-0.39, 0.29) is 0 Å². The molecule has 0 radical (unpaired) electrons. The maximum absolute atomic E-state index is 11.1. The number of carbonyl (C=O) groups is 3. The minimum atomic E-state index is 0.661. The Labute approximate surface area is 280 Å². The van der Waals surface area contributed by atoms with Crippen molar-refractivity contribution in [3.05, 3.63) is 174 Å². The van der Waals surface area contributed by atoms with Crippen molar-refractivity contribution in [1.29, 1.82) is 0 Å². The van der Waals surface area contributed by atoms with E-state index < -0.39 is 0 Å². The van der Waals surface area contributed by atoms with Gasteiger partial charge in [0.05, 0.1) is 6.67 Å². The van der Waals surface area contributed by atoms with Crippen molar-refractivity contribution in [2.75, 3.05) is 23.0 Å². The van der Waals surface area contributed by atoms with Crippen LogP contribution in [0, 0.1) is 0 Å². The first kappa shape index (κ1) is 30.3. The highest BCUT2D eigenvalue weighted by Gasteiger charge is 2.21. The molecular weight excluding hydrogens is 592 g/mol. The zero-order valence-corrected chi connectivity index (χ0v) is 26.2. The molecule has 1 aliphatic heterocycles. The molecule has 0 aromatic heterocycles. The lowest BCUT2D eigenvalue weighted by atomic mass is 9.98. The second-order valence-corrected chi connectivity index (χ2v) is 11.9. The Kier molecular flexibility index (Phi) is 8.58. The molecule has 1 aliphatic rings. The second kappa shape index (κ2) is 13.6. The summed E-state index contributed by atoms with van der Waals surface area (Å²) in [5.74, 6) is 0. The molecule has 0 amide bonds. The van der Waals surface area contributed by atoms with E-state index in [0.717, 1.165) is 75.7 Å². The van der Waals surface area contributed by atoms with Crippen LogP contribution in [0.25, 0.3) is 39.0 Å². The molecule has 0 atom stereocenters. The van der Waals surface area contributed by atoms with Crippen LogP contribution in [0.1, 0.15) is 36.6 Å². The highest BCUT2D eigenvalue weighted by molar-refractivity contribution is 5.81. The number of anilines is 2. The van der Waals surface area contributed by atoms with Crippen LogP contribution in [0.15, 0.2) is 152 Å². The minimum Gasteiger partial charge on any atom is -0.349 e. The van der Waals surface area contributed by atoms with Crippen LogP contribution in [-0.2, 0) is 0 Å². The molecule has 48 heavy (non-hydrogen) atoms. The van der Waals surface area contributed by atoms with Gasteiger partial charge >= 0.3 is 0 Å². The maximum atomic E-state index is 11.1. The molecule has 6 aromatic carbocycles. The van der Waals surface area contributed by atoms with Gasteiger partial charge in [-0.25, -0.2) is 0 Å². The first-order valence-electron chi connectivity index (χ1n) is 15.8. The molecule has 232 valence electrons. The Morgan fingerprint density at radius 3 is 1.06 bits per heavy atom. The van der Waals surface area contributed by atoms with E-state index in [0.29, 0.717) is 23.4 Å². The number of benzene rings is 6. The van der Waals surface area contributed by atoms with E-state index in [1.807, 2.05) is 72.8 Å². The van der Waals surface area contributed by atoms with Gasteiger partial charge in [-0.05, 0) is 68.8 Å². The summed E-state index contributed by atoms with van der Waals surface area (Å²) < 4.78 is 0. The minimum absolute atomic E-state index is 0.661. The fraction of sp³-hybridized carbons (Fsp3) is 0.0465. The molecule has 0 saturated carbocycles. The molecule has 0 spiro atoms. The lowest BCUT2D eigenvalue weighted by Gasteiger charge is -2.37. The number of carbonyl (C=O) groups excluding carboxylic acids is 3. The van der Waals surface area contributed by atoms with Gasteiger partial charge in [0.1, 0.15) is 18.9 Å². The predicted octanol–water partition coefficient (Wildman–Crippen LogP) is 9.45. The summed E-state index contributed by atoms with van der Waals surface area (Å²) in [5, 5.41) is 0. The molecule has 5 nitrogen and oxygen atoms in total. The Morgan fingerprint density at radius 1 is 0.375 bits per heavy atom. The van der Waals surface area contributed by atoms with Crippen LogP contribution in [0.2, 0.25) is 0 Å². The number of hydrogen-bond donors (Lipinski definition) is 0. The Morgan fingerprint density at radius 2 is 0.688 bits per heavy atom. The highest BCUT2D eigenvalue weighted by Crippen LogP contribution is 2.32. The van der Waals surface area contributed by atoms with Gasteiger partial charge in [0, 0.05) is 40.8 Å². The van der Waals surface area contributed by atoms with Crippen molar-refractivity contribution < 1.29 is 14.4 Å². The average molecular weight is 625 g/mol. The summed E-state index contributed by atoms with van der Waals surface area (Å²) >= 11 is 0. The molecule has 0 fully saturated rings. The van der Waals surface area contributed by atoms with Gasteiger partial charge in [0.15, 0.2) is 0 Å². The van der Waals surface area contributed by atoms with Crippen molar-refractivity contribution in [3.63, 3.8) is 0 Å². The van der Waals surface area contributed by atoms with Crippen molar-refractivity contribution in [1.82, 2.24) is 0 Å². The van der Waals surface area contributed by atoms with Gasteiger partial charge in [-0.15, -0.1) is 0 Å². The van der Waals surface area contributed by atoms with Crippen molar-refractivity contribution in [2.45, 2.75) is 0 Å². The summed E-state index contributed by atoms with van der Waals surface area (Å²) in [5.41, 5.74) is 13.0. The van der Waals surface area contributed by atoms with Gasteiger partial charge in [-0.3, -0.25) is 14.4 Å². The monoisotopic (exact) mass is 624 g/mol. The zero-order chi connectivity index (χ0) is 32.9. The van der Waals surface area contributed by atoms with Crippen LogP contribution in [0.5, 0.6) is 0 Å². The average Bonchev–Trinajstić information content (AvgIpc) is 3.18. The lowest BCUT2D eigenvalue weighted by molar-refractivity contribution is 0.111. The largest absolute Gasteiger partial charge is 0.349 e. The van der Waals surface area contributed by atoms with E-state index in [4.69, 9.17) is 0 Å². The Balaban J connectivity index is 1.19. The van der Waals surface area contributed by atoms with Crippen LogP contribution in [0.4, 0.5) is 11.4 Å². The highest BCUT2D eigenvalue weighted by atomic mass is 16.1. The number of aldehydes is 3. The quantitative estimate of drug-likeness (QED) is 0.150. The number of rotatable bonds is 9. The number of nitrogens with zero attached hydrogens (tertiary/aromatic N) is 2. The molecule has 7 rings (SSSR count). The molecule has 0 bridgehead atoms. The molecule has 0 saturated heterocycles. The van der Waals surface area contributed by atoms with E-state index in [1.54, 1.807) is 0 Å². The third kappa shape index (κ3) is 6.48. The Bertz CT molecular complexity index is 2080. The van der Waals surface area contributed by atoms with Gasteiger partial charge in [0.25, 0.3) is 0 Å². The summed E-state index contributed by atoms with van der Waals surface area (Å²) in [4.78, 5) is 38.0. The van der Waals surface area contributed by atoms with Gasteiger partial charge in [-0.1, -0.05) is 121 Å². The van der Waals surface area contributed by atoms with Crippen LogP contribution < -0.4 is 9.80 Å². The fourth-order valence-corrected chi connectivity index (χ4v) is 6.05. The van der Waals surface area contributed by atoms with E-state index >= 15 is 0 Å². The normalized spacial score (nSPS) is 12.7. The SMILES string of the molecule is O=Cc1ccc(-c2ccc(C3=CN(c4ccc(-c5ccc(C=O)cc5)cc4)CN(c4ccc(-c5ccc(C=O)cc5)cc4)C3)cc2)cc1. The van der Waals surface area contributed by atoms with Gasteiger partial charge < -0.3 is 9.80 Å². The topological polar surface area (TPSA) is 57.7 Å². The first-order valence-corrected chi connectivity index (χ1v) is 15.8. The molecule has 5 heteroatoms. The summed E-state index contributed by atoms with van der Waals surface area (Å²) in [6.45, 7) is 1.41. The molecular formula is C43H32N2O3. The molecule has 6 aromatic rings. The van der Waals surface area contributed by atoms with E-state index in [9.17, 15) is 14.4 Å². The molecule has 0 unspecified atom stereocenters. The van der Waals surface area contributed by atoms with E-state index in [1.165, 1.54) is 5.57 Å². The van der Waals surface area contributed by atoms with Crippen LogP contribution in [-0.4, -0.2) is 32.1 Å². The summed E-state index contributed by atoms with van der Waals surface area (Å²) in [6, 6.07) is 48.5. The molecule has 0 aliphatic carbocycles. The molecule has 0 N–H and O–H groups in total. The number of hydrogen-bond acceptors (Lipinski definition) is 5. The zero-order valence-electron chi connectivity index (χ0n) is 26.2. The van der Waals surface area contributed by atoms with Crippen LogP contribution in [0.3, 0.4) is 0 Å². The van der Waals surface area contributed by atoms with Gasteiger partial charge in [0.2, 0.25) is 0 Å². The first-order chi connectivity index (χ1) is 23.6. The molecule has 1 heterocycles. The maximum Gasteiger partial charge on any atom is 0.150 e. The third-order valence-corrected chi connectivity index (χ3v) is 8.82. The standard InChI is InChI=1S/C43H32N2O3/c46-27-31-1-7-34(8-2-31)37-13-15-40(16-14-37)41-25-44(42-21-17-38(18-22-42)35-9-3-32(28-47)4-10-35)30-45(26-41)43-23-19-39(20-24-43)36-11-5-33(29-48)6-12-36/h1-25,27-29H,26,30H2. The second-order valence-electron chi connectivity index (χ2n) is 11.9.